The zero-order valence-corrected chi connectivity index (χ0v) is 21.1. The van der Waals surface area contributed by atoms with E-state index in [1.54, 1.807) is 24.3 Å². The summed E-state index contributed by atoms with van der Waals surface area (Å²) >= 11 is 0. The topological polar surface area (TPSA) is 144 Å². The van der Waals surface area contributed by atoms with Crippen molar-refractivity contribution >= 4 is 39.6 Å². The van der Waals surface area contributed by atoms with Gasteiger partial charge in [-0.1, -0.05) is 0 Å². The van der Waals surface area contributed by atoms with Crippen LogP contribution in [0.4, 0.5) is 22.7 Å². The fraction of sp³-hybridized carbons (Fsp3) is 0.346. The van der Waals surface area contributed by atoms with E-state index in [1.807, 2.05) is 0 Å². The van der Waals surface area contributed by atoms with Gasteiger partial charge in [0.1, 0.15) is 6.07 Å². The molecule has 0 spiro atoms. The van der Waals surface area contributed by atoms with Crippen molar-refractivity contribution in [2.75, 3.05) is 70.5 Å². The summed E-state index contributed by atoms with van der Waals surface area (Å²) < 4.78 is 21.7. The number of rotatable bonds is 9. The lowest BCUT2D eigenvalue weighted by molar-refractivity contribution is -0.116. The van der Waals surface area contributed by atoms with Gasteiger partial charge in [0.25, 0.3) is 0 Å². The first-order valence-corrected chi connectivity index (χ1v) is 11.8. The van der Waals surface area contributed by atoms with E-state index in [1.165, 1.54) is 27.5 Å². The lowest BCUT2D eigenvalue weighted by atomic mass is 10.1. The highest BCUT2D eigenvalue weighted by molar-refractivity contribution is 6.03. The Balaban J connectivity index is 1.65. The summed E-state index contributed by atoms with van der Waals surface area (Å²) in [6.07, 6.45) is 1.80. The Morgan fingerprint density at radius 2 is 1.84 bits per heavy atom. The molecule has 0 bridgehead atoms. The zero-order chi connectivity index (χ0) is 26.4. The van der Waals surface area contributed by atoms with Crippen LogP contribution in [-0.2, 0) is 9.53 Å². The smallest absolute Gasteiger partial charge is 0.225 e. The first kappa shape index (κ1) is 25.8. The molecule has 0 atom stereocenters. The van der Waals surface area contributed by atoms with Crippen molar-refractivity contribution in [3.63, 3.8) is 0 Å². The van der Waals surface area contributed by atoms with Gasteiger partial charge in [-0.25, -0.2) is 0 Å². The molecule has 4 N–H and O–H groups in total. The number of carbonyl (C=O) groups excluding carboxylic acids is 1. The maximum absolute atomic E-state index is 12.7. The molecule has 1 saturated heterocycles. The van der Waals surface area contributed by atoms with Gasteiger partial charge in [0.15, 0.2) is 11.5 Å². The van der Waals surface area contributed by atoms with Crippen molar-refractivity contribution in [1.82, 2.24) is 9.88 Å². The summed E-state index contributed by atoms with van der Waals surface area (Å²) in [7, 11) is 4.58. The van der Waals surface area contributed by atoms with Crippen LogP contribution in [0.5, 0.6) is 17.2 Å². The van der Waals surface area contributed by atoms with Crippen LogP contribution >= 0.6 is 0 Å². The molecule has 1 aliphatic rings. The molecule has 11 heteroatoms. The number of anilines is 4. The minimum Gasteiger partial charge on any atom is -0.493 e. The molecular formula is C26H30N6O5. The second kappa shape index (κ2) is 11.6. The molecule has 0 aliphatic carbocycles. The van der Waals surface area contributed by atoms with E-state index in [9.17, 15) is 10.1 Å². The highest BCUT2D eigenvalue weighted by Gasteiger charge is 2.18. The van der Waals surface area contributed by atoms with Gasteiger partial charge < -0.3 is 35.3 Å². The number of ether oxygens (including phenoxy) is 4. The van der Waals surface area contributed by atoms with Gasteiger partial charge in [0.05, 0.1) is 62.7 Å². The third-order valence-corrected chi connectivity index (χ3v) is 6.13. The van der Waals surface area contributed by atoms with E-state index in [-0.39, 0.29) is 5.91 Å². The lowest BCUT2D eigenvalue weighted by Crippen LogP contribution is -2.38. The number of methoxy groups -OCH3 is 3. The number of nitrogens with two attached hydrogens (primary N) is 1. The van der Waals surface area contributed by atoms with Crippen LogP contribution in [-0.4, -0.2) is 70.0 Å². The number of nitrogens with zero attached hydrogens (tertiary/aromatic N) is 3. The summed E-state index contributed by atoms with van der Waals surface area (Å²) in [5, 5.41) is 16.6. The van der Waals surface area contributed by atoms with E-state index < -0.39 is 0 Å². The quantitative estimate of drug-likeness (QED) is 0.370. The molecule has 194 valence electrons. The molecule has 0 unspecified atom stereocenters. The number of nitriles is 1. The third kappa shape index (κ3) is 5.77. The Kier molecular flexibility index (Phi) is 8.12. The molecular weight excluding hydrogens is 476 g/mol. The number of morpholine rings is 1. The summed E-state index contributed by atoms with van der Waals surface area (Å²) in [5.74, 6) is 1.21. The van der Waals surface area contributed by atoms with Crippen LogP contribution in [0.3, 0.4) is 0 Å². The highest BCUT2D eigenvalue weighted by Crippen LogP contribution is 2.42. The fourth-order valence-electron chi connectivity index (χ4n) is 4.18. The van der Waals surface area contributed by atoms with Crippen molar-refractivity contribution < 1.29 is 23.7 Å². The molecule has 1 fully saturated rings. The van der Waals surface area contributed by atoms with Gasteiger partial charge in [0, 0.05) is 55.5 Å². The number of carbonyl (C=O) groups is 1. The minimum atomic E-state index is -0.152. The van der Waals surface area contributed by atoms with Crippen LogP contribution in [0.1, 0.15) is 12.0 Å². The van der Waals surface area contributed by atoms with Crippen molar-refractivity contribution in [3.8, 4) is 23.3 Å². The molecule has 3 aromatic rings. The second-order valence-electron chi connectivity index (χ2n) is 8.41. The number of hydrogen-bond donors (Lipinski definition) is 3. The first-order chi connectivity index (χ1) is 18.0. The van der Waals surface area contributed by atoms with Gasteiger partial charge in [-0.2, -0.15) is 5.26 Å². The molecule has 2 heterocycles. The second-order valence-corrected chi connectivity index (χ2v) is 8.41. The van der Waals surface area contributed by atoms with Gasteiger partial charge in [-0.15, -0.1) is 0 Å². The van der Waals surface area contributed by atoms with Crippen molar-refractivity contribution in [3.05, 3.63) is 36.0 Å². The number of fused-ring (bicyclic) bond motifs is 1. The number of hydrogen-bond acceptors (Lipinski definition) is 10. The largest absolute Gasteiger partial charge is 0.493 e. The number of benzene rings is 2. The molecule has 0 radical (unpaired) electrons. The van der Waals surface area contributed by atoms with Gasteiger partial charge in [0.2, 0.25) is 11.7 Å². The van der Waals surface area contributed by atoms with Crippen molar-refractivity contribution in [2.24, 2.45) is 0 Å². The van der Waals surface area contributed by atoms with Gasteiger partial charge >= 0.3 is 0 Å². The third-order valence-electron chi connectivity index (χ3n) is 6.13. The Morgan fingerprint density at radius 3 is 2.46 bits per heavy atom. The molecule has 0 saturated carbocycles. The maximum Gasteiger partial charge on any atom is 0.225 e. The van der Waals surface area contributed by atoms with E-state index in [2.05, 4.69) is 26.6 Å². The number of aromatic nitrogens is 1. The van der Waals surface area contributed by atoms with Crippen LogP contribution in [0.25, 0.3) is 10.9 Å². The average Bonchev–Trinajstić information content (AvgIpc) is 2.92. The Bertz CT molecular complexity index is 1310. The predicted octanol–water partition coefficient (Wildman–Crippen LogP) is 3.12. The number of nitrogen functional groups attached to an aromatic ring is 1. The molecule has 2 aromatic carbocycles. The van der Waals surface area contributed by atoms with Crippen LogP contribution in [0.15, 0.2) is 30.5 Å². The predicted molar refractivity (Wildman–Crippen MR) is 141 cm³/mol. The molecule has 1 aliphatic heterocycles. The Labute approximate surface area is 215 Å². The highest BCUT2D eigenvalue weighted by atomic mass is 16.5. The molecule has 1 amide bonds. The van der Waals surface area contributed by atoms with E-state index in [0.29, 0.717) is 82.6 Å². The van der Waals surface area contributed by atoms with Crippen LogP contribution in [0.2, 0.25) is 0 Å². The van der Waals surface area contributed by atoms with E-state index in [0.717, 1.165) is 13.1 Å². The van der Waals surface area contributed by atoms with Crippen LogP contribution in [0, 0.1) is 11.3 Å². The normalized spacial score (nSPS) is 13.6. The molecule has 37 heavy (non-hydrogen) atoms. The lowest BCUT2D eigenvalue weighted by Gasteiger charge is -2.26. The monoisotopic (exact) mass is 506 g/mol. The van der Waals surface area contributed by atoms with Crippen molar-refractivity contribution in [1.29, 1.82) is 5.26 Å². The molecule has 11 nitrogen and oxygen atoms in total. The number of nitrogens with one attached hydrogen (secondary N) is 2. The summed E-state index contributed by atoms with van der Waals surface area (Å²) in [6.45, 7) is 3.61. The SMILES string of the molecule is COc1cc(Nc2c(C#N)cnc3cc(N)c(NC(=O)CCN4CCOCC4)cc23)cc(OC)c1OC. The van der Waals surface area contributed by atoms with Crippen molar-refractivity contribution in [2.45, 2.75) is 6.42 Å². The Hall–Kier alpha value is -4.27. The van der Waals surface area contributed by atoms with E-state index >= 15 is 0 Å². The summed E-state index contributed by atoms with van der Waals surface area (Å²) in [4.78, 5) is 19.3. The minimum absolute atomic E-state index is 0.152. The summed E-state index contributed by atoms with van der Waals surface area (Å²) in [6, 6.07) is 9.05. The number of amides is 1. The Morgan fingerprint density at radius 1 is 1.14 bits per heavy atom. The average molecular weight is 507 g/mol. The van der Waals surface area contributed by atoms with Gasteiger partial charge in [-0.3, -0.25) is 14.7 Å². The first-order valence-electron chi connectivity index (χ1n) is 11.8. The molecule has 4 rings (SSSR count). The molecule has 1 aromatic heterocycles. The zero-order valence-electron chi connectivity index (χ0n) is 21.1. The maximum atomic E-state index is 12.7. The fourth-order valence-corrected chi connectivity index (χ4v) is 4.18. The summed E-state index contributed by atoms with van der Waals surface area (Å²) in [5.41, 5.74) is 9.06. The van der Waals surface area contributed by atoms with Crippen LogP contribution < -0.4 is 30.6 Å². The van der Waals surface area contributed by atoms with E-state index in [4.69, 9.17) is 24.7 Å². The number of pyridine rings is 1. The standard InChI is InChI=1S/C26H30N6O5/c1-34-22-10-17(11-23(35-2)26(22)36-3)30-25-16(14-27)15-29-20-13-19(28)21(12-18(20)25)31-24(33)4-5-32-6-8-37-9-7-32/h10-13,15H,4-9,28H2,1-3H3,(H,29,30)(H,31,33). The van der Waals surface area contributed by atoms with Gasteiger partial charge in [-0.05, 0) is 12.1 Å².